The highest BCUT2D eigenvalue weighted by atomic mass is 16.6. The van der Waals surface area contributed by atoms with Crippen molar-refractivity contribution in [2.24, 2.45) is 28.4 Å². The fourth-order valence-corrected chi connectivity index (χ4v) is 11.6. The summed E-state index contributed by atoms with van der Waals surface area (Å²) in [4.78, 5) is 95.0. The van der Waals surface area contributed by atoms with Crippen molar-refractivity contribution in [2.45, 2.75) is 127 Å². The lowest BCUT2D eigenvalue weighted by Crippen LogP contribution is -2.78. The van der Waals surface area contributed by atoms with E-state index in [2.05, 4.69) is 5.32 Å². The normalized spacial score (nSPS) is 30.4. The van der Waals surface area contributed by atoms with Crippen LogP contribution in [0.15, 0.2) is 102 Å². The number of fused-ring (bicyclic) bond motifs is 5. The SMILES string of the molecule is CC(=O)OC1C[C@]2(C)C(O)CC3OC[C@@]3(OC(C)=O)C2[C@H](CC(=O)c2ccccc2)C2(O)CC(OC(=O)C(OC(=O)C(N)CC=O)C(NC(=O)c3ccccc3)c3ccccc3)C(C)=C1C2(C)C. The second kappa shape index (κ2) is 19.5. The van der Waals surface area contributed by atoms with E-state index in [1.807, 2.05) is 0 Å². The van der Waals surface area contributed by atoms with Gasteiger partial charge in [-0.1, -0.05) is 99.6 Å². The Balaban J connectivity index is 1.41. The molecule has 1 heterocycles. The number of aldehydes is 1. The van der Waals surface area contributed by atoms with Gasteiger partial charge in [0.2, 0.25) is 6.10 Å². The summed E-state index contributed by atoms with van der Waals surface area (Å²) in [6.45, 7) is 9.30. The van der Waals surface area contributed by atoms with E-state index in [1.54, 1.807) is 119 Å². The van der Waals surface area contributed by atoms with Crippen molar-refractivity contribution < 1.29 is 67.5 Å². The molecule has 0 radical (unpaired) electrons. The van der Waals surface area contributed by atoms with Gasteiger partial charge in [-0.15, -0.1) is 0 Å². The van der Waals surface area contributed by atoms with E-state index >= 15 is 4.79 Å². The Hall–Kier alpha value is -6.07. The number of ketones is 1. The van der Waals surface area contributed by atoms with Crippen LogP contribution >= 0.6 is 0 Å². The number of benzene rings is 3. The van der Waals surface area contributed by atoms with Gasteiger partial charge in [-0.05, 0) is 42.2 Å². The Morgan fingerprint density at radius 3 is 2.00 bits per heavy atom. The molecule has 5 N–H and O–H groups in total. The van der Waals surface area contributed by atoms with E-state index in [0.29, 0.717) is 28.6 Å². The van der Waals surface area contributed by atoms with Gasteiger partial charge in [0.1, 0.15) is 36.7 Å². The Morgan fingerprint density at radius 2 is 1.44 bits per heavy atom. The summed E-state index contributed by atoms with van der Waals surface area (Å²) in [5.41, 5.74) is 1.37. The standard InChI is InChI=1S/C52H60N2O14/c1-29-38(66-48(62)44(67-47(61)36(53)22-23-55)43(33-18-12-8-13-19-33)54-46(60)34-20-14-9-15-21-34)27-52(63)35(24-37(58)32-16-10-7-11-17-32)45-50(6,26-39(65-30(2)56)42(29)49(52,4)5)40(59)25-41-51(45,28-64-41)68-31(3)57/h7-21,23,35-36,38-41,43-45,59,63H,22,24-28,53H2,1-6H3,(H,54,60)/t35-,36?,38?,39?,40?,41?,43?,44?,45?,50+,51-,52?/m0/s1. The maximum absolute atomic E-state index is 15.1. The first kappa shape index (κ1) is 49.8. The third-order valence-corrected chi connectivity index (χ3v) is 14.9. The van der Waals surface area contributed by atoms with Crippen LogP contribution in [-0.2, 0) is 47.7 Å². The fraction of sp³-hybridized carbons (Fsp3) is 0.481. The summed E-state index contributed by atoms with van der Waals surface area (Å²) in [5, 5.41) is 29.1. The van der Waals surface area contributed by atoms with Crippen molar-refractivity contribution in [1.82, 2.24) is 5.32 Å². The van der Waals surface area contributed by atoms with Gasteiger partial charge >= 0.3 is 23.9 Å². The van der Waals surface area contributed by atoms with Crippen molar-refractivity contribution in [3.8, 4) is 0 Å². The minimum Gasteiger partial charge on any atom is -0.458 e. The van der Waals surface area contributed by atoms with Gasteiger partial charge in [-0.3, -0.25) is 24.0 Å². The number of aliphatic hydroxyl groups excluding tert-OH is 1. The quantitative estimate of drug-likeness (QED) is 0.0531. The van der Waals surface area contributed by atoms with Crippen LogP contribution < -0.4 is 11.1 Å². The van der Waals surface area contributed by atoms with Gasteiger partial charge in [-0.25, -0.2) is 4.79 Å². The number of carbonyl (C=O) groups is 7. The van der Waals surface area contributed by atoms with Crippen LogP contribution in [-0.4, -0.2) is 106 Å². The molecule has 12 atom stereocenters. The van der Waals surface area contributed by atoms with Gasteiger partial charge in [0.25, 0.3) is 5.91 Å². The highest BCUT2D eigenvalue weighted by Gasteiger charge is 2.75. The van der Waals surface area contributed by atoms with E-state index in [-0.39, 0.29) is 37.2 Å². The predicted octanol–water partition coefficient (Wildman–Crippen LogP) is 4.69. The summed E-state index contributed by atoms with van der Waals surface area (Å²) in [5.74, 6) is -6.86. The third-order valence-electron chi connectivity index (χ3n) is 14.9. The molecule has 9 unspecified atom stereocenters. The van der Waals surface area contributed by atoms with Crippen molar-refractivity contribution >= 4 is 41.9 Å². The number of Topliss-reactive ketones (excluding diaryl/α,β-unsaturated/α-hetero) is 1. The molecule has 1 aliphatic heterocycles. The molecule has 68 heavy (non-hydrogen) atoms. The van der Waals surface area contributed by atoms with E-state index in [4.69, 9.17) is 29.4 Å². The first-order chi connectivity index (χ1) is 32.2. The van der Waals surface area contributed by atoms with E-state index in [1.165, 1.54) is 13.8 Å². The number of aliphatic hydroxyl groups is 2. The van der Waals surface area contributed by atoms with Gasteiger partial charge in [0, 0.05) is 73.3 Å². The summed E-state index contributed by atoms with van der Waals surface area (Å²) >= 11 is 0. The molecule has 7 rings (SSSR count). The number of rotatable bonds is 15. The smallest absolute Gasteiger partial charge is 0.350 e. The third kappa shape index (κ3) is 9.14. The first-order valence-corrected chi connectivity index (χ1v) is 22.9. The lowest BCUT2D eigenvalue weighted by atomic mass is 9.42. The second-order valence-corrected chi connectivity index (χ2v) is 19.4. The topological polar surface area (TPSA) is 244 Å². The summed E-state index contributed by atoms with van der Waals surface area (Å²) in [6, 6.07) is 21.9. The molecule has 16 heteroatoms. The number of esters is 4. The van der Waals surface area contributed by atoms with E-state index in [9.17, 15) is 39.0 Å². The minimum atomic E-state index is -2.11. The van der Waals surface area contributed by atoms with Gasteiger partial charge in [0.05, 0.1) is 18.3 Å². The zero-order chi connectivity index (χ0) is 49.3. The molecular formula is C52H60N2O14. The fourth-order valence-electron chi connectivity index (χ4n) is 11.6. The predicted molar refractivity (Wildman–Crippen MR) is 243 cm³/mol. The second-order valence-electron chi connectivity index (χ2n) is 19.4. The Bertz CT molecular complexity index is 2440. The number of hydrogen-bond donors (Lipinski definition) is 4. The molecule has 16 nitrogen and oxygen atoms in total. The van der Waals surface area contributed by atoms with Crippen molar-refractivity contribution in [3.63, 3.8) is 0 Å². The Morgan fingerprint density at radius 1 is 0.838 bits per heavy atom. The molecule has 0 spiro atoms. The molecular weight excluding hydrogens is 877 g/mol. The molecule has 2 saturated carbocycles. The zero-order valence-corrected chi connectivity index (χ0v) is 39.0. The molecule has 2 bridgehead atoms. The Labute approximate surface area is 394 Å². The van der Waals surface area contributed by atoms with Crippen LogP contribution in [0, 0.1) is 22.7 Å². The highest BCUT2D eigenvalue weighted by Crippen LogP contribution is 2.67. The van der Waals surface area contributed by atoms with Crippen LogP contribution in [0.3, 0.4) is 0 Å². The number of nitrogens with two attached hydrogens (primary N) is 1. The number of amides is 1. The number of nitrogens with one attached hydrogen (secondary N) is 1. The number of hydrogen-bond acceptors (Lipinski definition) is 15. The van der Waals surface area contributed by atoms with E-state index in [0.717, 1.165) is 0 Å². The van der Waals surface area contributed by atoms with Crippen LogP contribution in [0.5, 0.6) is 0 Å². The van der Waals surface area contributed by atoms with Crippen LogP contribution in [0.25, 0.3) is 0 Å². The maximum Gasteiger partial charge on any atom is 0.350 e. The van der Waals surface area contributed by atoms with Crippen molar-refractivity contribution in [3.05, 3.63) is 119 Å². The van der Waals surface area contributed by atoms with Crippen LogP contribution in [0.4, 0.5) is 0 Å². The first-order valence-electron chi connectivity index (χ1n) is 22.9. The highest BCUT2D eigenvalue weighted by molar-refractivity contribution is 5.96. The lowest BCUT2D eigenvalue weighted by molar-refractivity contribution is -0.347. The summed E-state index contributed by atoms with van der Waals surface area (Å²) in [6.07, 6.45) is -7.31. The molecule has 3 aliphatic carbocycles. The monoisotopic (exact) mass is 936 g/mol. The molecule has 3 aromatic rings. The molecule has 3 fully saturated rings. The van der Waals surface area contributed by atoms with E-state index < -0.39 is 119 Å². The van der Waals surface area contributed by atoms with Crippen LogP contribution in [0.1, 0.15) is 106 Å². The molecule has 0 aromatic heterocycles. The largest absolute Gasteiger partial charge is 0.458 e. The van der Waals surface area contributed by atoms with Crippen molar-refractivity contribution in [1.29, 1.82) is 0 Å². The van der Waals surface area contributed by atoms with Gasteiger partial charge < -0.3 is 49.7 Å². The molecule has 3 aromatic carbocycles. The molecule has 362 valence electrons. The molecule has 1 amide bonds. The van der Waals surface area contributed by atoms with Gasteiger partial charge in [0.15, 0.2) is 11.4 Å². The maximum atomic E-state index is 15.1. The van der Waals surface area contributed by atoms with Gasteiger partial charge in [-0.2, -0.15) is 0 Å². The molecule has 4 aliphatic rings. The number of carbonyl (C=O) groups excluding carboxylic acids is 7. The number of ether oxygens (including phenoxy) is 5. The lowest BCUT2D eigenvalue weighted by Gasteiger charge is -2.69. The average Bonchev–Trinajstić information content (AvgIpc) is 3.29. The molecule has 1 saturated heterocycles. The minimum absolute atomic E-state index is 0.0342. The summed E-state index contributed by atoms with van der Waals surface area (Å²) < 4.78 is 30.7. The Kier molecular flexibility index (Phi) is 14.3. The van der Waals surface area contributed by atoms with Crippen molar-refractivity contribution in [2.75, 3.05) is 6.61 Å². The average molecular weight is 937 g/mol. The van der Waals surface area contributed by atoms with Crippen LogP contribution in [0.2, 0.25) is 0 Å². The summed E-state index contributed by atoms with van der Waals surface area (Å²) in [7, 11) is 0. The zero-order valence-electron chi connectivity index (χ0n) is 39.0.